The normalized spacial score (nSPS) is 15.6. The smallest absolute Gasteiger partial charge is 0.243 e. The van der Waals surface area contributed by atoms with E-state index in [9.17, 15) is 13.5 Å². The Labute approximate surface area is 120 Å². The Kier molecular flexibility index (Phi) is 4.67. The average molecular weight is 299 g/mol. The van der Waals surface area contributed by atoms with Gasteiger partial charge in [0.05, 0.1) is 18.6 Å². The summed E-state index contributed by atoms with van der Waals surface area (Å²) in [4.78, 5) is 0.213. The molecule has 20 heavy (non-hydrogen) atoms. The lowest BCUT2D eigenvalue weighted by Crippen LogP contribution is -2.32. The van der Waals surface area contributed by atoms with E-state index in [1.807, 2.05) is 6.92 Å². The molecule has 0 bridgehead atoms. The Morgan fingerprint density at radius 2 is 2.10 bits per heavy atom. The van der Waals surface area contributed by atoms with Crippen LogP contribution in [0, 0.1) is 5.92 Å². The van der Waals surface area contributed by atoms with Crippen LogP contribution in [0.1, 0.15) is 25.3 Å². The molecule has 112 valence electrons. The summed E-state index contributed by atoms with van der Waals surface area (Å²) < 4.78 is 31.8. The predicted octanol–water partition coefficient (Wildman–Crippen LogP) is 1.61. The van der Waals surface area contributed by atoms with Crippen LogP contribution in [-0.4, -0.2) is 38.0 Å². The zero-order valence-corrected chi connectivity index (χ0v) is 12.7. The SMILES string of the molecule is CCN(CC1CC1)S(=O)(=O)c1ccc(OC)c(CO)c1. The van der Waals surface area contributed by atoms with Crippen molar-refractivity contribution in [3.05, 3.63) is 23.8 Å². The van der Waals surface area contributed by atoms with Gasteiger partial charge in [0.1, 0.15) is 5.75 Å². The molecule has 0 amide bonds. The van der Waals surface area contributed by atoms with Gasteiger partial charge in [0.25, 0.3) is 0 Å². The predicted molar refractivity (Wildman–Crippen MR) is 76.1 cm³/mol. The van der Waals surface area contributed by atoms with Gasteiger partial charge in [0, 0.05) is 18.7 Å². The van der Waals surface area contributed by atoms with Gasteiger partial charge in [-0.3, -0.25) is 0 Å². The van der Waals surface area contributed by atoms with Gasteiger partial charge in [-0.25, -0.2) is 8.42 Å². The van der Waals surface area contributed by atoms with Gasteiger partial charge < -0.3 is 9.84 Å². The van der Waals surface area contributed by atoms with Crippen molar-refractivity contribution in [1.29, 1.82) is 0 Å². The number of hydrogen-bond acceptors (Lipinski definition) is 4. The first-order valence-electron chi connectivity index (χ1n) is 6.80. The second-order valence-electron chi connectivity index (χ2n) is 5.03. The third kappa shape index (κ3) is 3.13. The van der Waals surface area contributed by atoms with E-state index in [-0.39, 0.29) is 11.5 Å². The van der Waals surface area contributed by atoms with Gasteiger partial charge >= 0.3 is 0 Å². The zero-order valence-electron chi connectivity index (χ0n) is 11.9. The van der Waals surface area contributed by atoms with E-state index in [0.717, 1.165) is 12.8 Å². The third-order valence-corrected chi connectivity index (χ3v) is 5.51. The lowest BCUT2D eigenvalue weighted by molar-refractivity contribution is 0.273. The number of benzene rings is 1. The van der Waals surface area contributed by atoms with Gasteiger partial charge in [0.2, 0.25) is 10.0 Å². The summed E-state index contributed by atoms with van der Waals surface area (Å²) in [5, 5.41) is 9.30. The van der Waals surface area contributed by atoms with Crippen molar-refractivity contribution in [3.63, 3.8) is 0 Å². The first-order valence-corrected chi connectivity index (χ1v) is 8.24. The minimum Gasteiger partial charge on any atom is -0.496 e. The molecule has 1 aromatic carbocycles. The van der Waals surface area contributed by atoms with Crippen LogP contribution in [0.3, 0.4) is 0 Å². The van der Waals surface area contributed by atoms with E-state index in [1.165, 1.54) is 23.5 Å². The molecule has 0 heterocycles. The molecule has 0 radical (unpaired) electrons. The number of sulfonamides is 1. The molecule has 0 spiro atoms. The van der Waals surface area contributed by atoms with Gasteiger partial charge in [-0.2, -0.15) is 4.31 Å². The van der Waals surface area contributed by atoms with E-state index in [0.29, 0.717) is 30.3 Å². The van der Waals surface area contributed by atoms with Gasteiger partial charge in [-0.05, 0) is 37.0 Å². The highest BCUT2D eigenvalue weighted by atomic mass is 32.2. The molecular weight excluding hydrogens is 278 g/mol. The van der Waals surface area contributed by atoms with Crippen LogP contribution in [0.2, 0.25) is 0 Å². The van der Waals surface area contributed by atoms with Gasteiger partial charge in [0.15, 0.2) is 0 Å². The summed E-state index contributed by atoms with van der Waals surface area (Å²) in [7, 11) is -2.00. The second kappa shape index (κ2) is 6.11. The molecule has 1 aromatic rings. The fraction of sp³-hybridized carbons (Fsp3) is 0.571. The summed E-state index contributed by atoms with van der Waals surface area (Å²) in [6.07, 6.45) is 2.22. The number of rotatable bonds is 7. The molecule has 0 atom stereocenters. The van der Waals surface area contributed by atoms with Crippen molar-refractivity contribution < 1.29 is 18.3 Å². The number of aliphatic hydroxyl groups is 1. The highest BCUT2D eigenvalue weighted by Gasteiger charge is 2.31. The van der Waals surface area contributed by atoms with Crippen LogP contribution in [0.5, 0.6) is 5.75 Å². The molecule has 0 aliphatic heterocycles. The lowest BCUT2D eigenvalue weighted by atomic mass is 10.2. The van der Waals surface area contributed by atoms with Crippen LogP contribution in [-0.2, 0) is 16.6 Å². The Hall–Kier alpha value is -1.11. The summed E-state index contributed by atoms with van der Waals surface area (Å²) in [6, 6.07) is 4.61. The Morgan fingerprint density at radius 1 is 1.40 bits per heavy atom. The largest absolute Gasteiger partial charge is 0.496 e. The molecule has 6 heteroatoms. The molecule has 0 aromatic heterocycles. The Bertz CT molecular complexity index is 567. The molecular formula is C14H21NO4S. The van der Waals surface area contributed by atoms with Gasteiger partial charge in [-0.1, -0.05) is 6.92 Å². The van der Waals surface area contributed by atoms with E-state index in [4.69, 9.17) is 4.74 Å². The molecule has 1 saturated carbocycles. The second-order valence-corrected chi connectivity index (χ2v) is 6.97. The Morgan fingerprint density at radius 3 is 2.60 bits per heavy atom. The maximum atomic E-state index is 12.6. The first-order chi connectivity index (χ1) is 9.52. The van der Waals surface area contributed by atoms with Crippen molar-refractivity contribution in [1.82, 2.24) is 4.31 Å². The first kappa shape index (κ1) is 15.3. The van der Waals surface area contributed by atoms with Crippen molar-refractivity contribution >= 4 is 10.0 Å². The number of aliphatic hydroxyl groups excluding tert-OH is 1. The number of hydrogen-bond donors (Lipinski definition) is 1. The average Bonchev–Trinajstić information content (AvgIpc) is 3.27. The van der Waals surface area contributed by atoms with Crippen LogP contribution in [0.25, 0.3) is 0 Å². The highest BCUT2D eigenvalue weighted by molar-refractivity contribution is 7.89. The van der Waals surface area contributed by atoms with E-state index < -0.39 is 10.0 Å². The Balaban J connectivity index is 2.31. The quantitative estimate of drug-likeness (QED) is 0.830. The van der Waals surface area contributed by atoms with E-state index in [2.05, 4.69) is 0 Å². The zero-order chi connectivity index (χ0) is 14.8. The minimum atomic E-state index is -3.50. The van der Waals surface area contributed by atoms with Crippen molar-refractivity contribution in [2.24, 2.45) is 5.92 Å². The maximum Gasteiger partial charge on any atom is 0.243 e. The number of ether oxygens (including phenoxy) is 1. The maximum absolute atomic E-state index is 12.6. The van der Waals surface area contributed by atoms with Crippen LogP contribution in [0.15, 0.2) is 23.1 Å². The third-order valence-electron chi connectivity index (χ3n) is 3.57. The number of methoxy groups -OCH3 is 1. The van der Waals surface area contributed by atoms with Crippen molar-refractivity contribution in [2.75, 3.05) is 20.2 Å². The number of nitrogens with zero attached hydrogens (tertiary/aromatic N) is 1. The fourth-order valence-corrected chi connectivity index (χ4v) is 3.75. The molecule has 2 rings (SSSR count). The molecule has 5 nitrogen and oxygen atoms in total. The highest BCUT2D eigenvalue weighted by Crippen LogP contribution is 2.32. The summed E-state index contributed by atoms with van der Waals surface area (Å²) in [5.74, 6) is 0.997. The summed E-state index contributed by atoms with van der Waals surface area (Å²) in [5.41, 5.74) is 0.482. The van der Waals surface area contributed by atoms with Crippen molar-refractivity contribution in [3.8, 4) is 5.75 Å². The van der Waals surface area contributed by atoms with Gasteiger partial charge in [-0.15, -0.1) is 0 Å². The van der Waals surface area contributed by atoms with E-state index in [1.54, 1.807) is 6.07 Å². The van der Waals surface area contributed by atoms with Crippen LogP contribution in [0.4, 0.5) is 0 Å². The summed E-state index contributed by atoms with van der Waals surface area (Å²) >= 11 is 0. The lowest BCUT2D eigenvalue weighted by Gasteiger charge is -2.21. The molecule has 1 aliphatic carbocycles. The van der Waals surface area contributed by atoms with Crippen LogP contribution < -0.4 is 4.74 Å². The van der Waals surface area contributed by atoms with Crippen LogP contribution >= 0.6 is 0 Å². The standard InChI is InChI=1S/C14H21NO4S/c1-3-15(9-11-4-5-11)20(17,18)13-6-7-14(19-2)12(8-13)10-16/h6-8,11,16H,3-5,9-10H2,1-2H3. The molecule has 1 fully saturated rings. The van der Waals surface area contributed by atoms with Crippen molar-refractivity contribution in [2.45, 2.75) is 31.3 Å². The fourth-order valence-electron chi connectivity index (χ4n) is 2.17. The summed E-state index contributed by atoms with van der Waals surface area (Å²) in [6.45, 7) is 2.64. The molecule has 1 N–H and O–H groups in total. The molecule has 1 aliphatic rings. The molecule has 0 saturated heterocycles. The monoisotopic (exact) mass is 299 g/mol. The topological polar surface area (TPSA) is 66.8 Å². The molecule has 0 unspecified atom stereocenters. The van der Waals surface area contributed by atoms with E-state index >= 15 is 0 Å². The minimum absolute atomic E-state index is 0.213.